The second kappa shape index (κ2) is 7.26. The summed E-state index contributed by atoms with van der Waals surface area (Å²) in [5.41, 5.74) is 3.13. The minimum Gasteiger partial charge on any atom is -0.467 e. The molecule has 0 radical (unpaired) electrons. The number of aryl methyl sites for hydroxylation is 2. The van der Waals surface area contributed by atoms with Gasteiger partial charge in [-0.2, -0.15) is 0 Å². The summed E-state index contributed by atoms with van der Waals surface area (Å²) in [7, 11) is 1.30. The molecule has 124 valence electrons. The summed E-state index contributed by atoms with van der Waals surface area (Å²) in [6.07, 6.45) is 1.14. The van der Waals surface area contributed by atoms with E-state index < -0.39 is 18.1 Å². The van der Waals surface area contributed by atoms with E-state index in [-0.39, 0.29) is 11.8 Å². The van der Waals surface area contributed by atoms with Crippen molar-refractivity contribution in [3.05, 3.63) is 34.9 Å². The molecule has 0 spiro atoms. The number of benzene rings is 1. The standard InChI is InChI=1S/C17H22N2O4/c1-10-5-4-6-11(2)12(10)9-14(17(22)23-3)19-16(21)13-7-8-15(20)18-13/h4-6,13-14H,7-9H2,1-3H3,(H,18,20)(H,19,21)/t13-,14-/m0/s1. The van der Waals surface area contributed by atoms with Gasteiger partial charge >= 0.3 is 5.97 Å². The smallest absolute Gasteiger partial charge is 0.328 e. The van der Waals surface area contributed by atoms with Gasteiger partial charge in [-0.1, -0.05) is 18.2 Å². The molecule has 0 unspecified atom stereocenters. The molecule has 2 amide bonds. The Bertz CT molecular complexity index is 607. The van der Waals surface area contributed by atoms with Crippen molar-refractivity contribution < 1.29 is 19.1 Å². The van der Waals surface area contributed by atoms with Gasteiger partial charge in [0.1, 0.15) is 12.1 Å². The molecular weight excluding hydrogens is 296 g/mol. The molecule has 1 fully saturated rings. The zero-order valence-electron chi connectivity index (χ0n) is 13.6. The first kappa shape index (κ1) is 17.0. The van der Waals surface area contributed by atoms with Crippen LogP contribution < -0.4 is 10.6 Å². The second-order valence-electron chi connectivity index (χ2n) is 5.82. The van der Waals surface area contributed by atoms with Gasteiger partial charge in [0, 0.05) is 12.8 Å². The number of carbonyl (C=O) groups excluding carboxylic acids is 3. The van der Waals surface area contributed by atoms with Crippen molar-refractivity contribution in [1.82, 2.24) is 10.6 Å². The fourth-order valence-electron chi connectivity index (χ4n) is 2.79. The normalized spacial score (nSPS) is 18.2. The number of amides is 2. The lowest BCUT2D eigenvalue weighted by molar-refractivity contribution is -0.145. The lowest BCUT2D eigenvalue weighted by atomic mass is 9.96. The van der Waals surface area contributed by atoms with Crippen LogP contribution in [0.15, 0.2) is 18.2 Å². The average molecular weight is 318 g/mol. The number of nitrogens with one attached hydrogen (secondary N) is 2. The van der Waals surface area contributed by atoms with Crippen molar-refractivity contribution in [2.75, 3.05) is 7.11 Å². The number of ether oxygens (including phenoxy) is 1. The van der Waals surface area contributed by atoms with Gasteiger partial charge in [-0.25, -0.2) is 4.79 Å². The first-order chi connectivity index (χ1) is 10.9. The maximum Gasteiger partial charge on any atom is 0.328 e. The van der Waals surface area contributed by atoms with E-state index in [1.54, 1.807) is 0 Å². The summed E-state index contributed by atoms with van der Waals surface area (Å²) in [4.78, 5) is 35.5. The van der Waals surface area contributed by atoms with E-state index in [9.17, 15) is 14.4 Å². The van der Waals surface area contributed by atoms with Gasteiger partial charge in [0.25, 0.3) is 0 Å². The van der Waals surface area contributed by atoms with E-state index in [1.165, 1.54) is 7.11 Å². The van der Waals surface area contributed by atoms with Crippen LogP contribution in [0.3, 0.4) is 0 Å². The second-order valence-corrected chi connectivity index (χ2v) is 5.82. The Morgan fingerprint density at radius 3 is 2.52 bits per heavy atom. The molecule has 2 atom stereocenters. The van der Waals surface area contributed by atoms with Crippen LogP contribution in [0.25, 0.3) is 0 Å². The molecular formula is C17H22N2O4. The van der Waals surface area contributed by atoms with Gasteiger partial charge in [-0.05, 0) is 37.0 Å². The number of esters is 1. The van der Waals surface area contributed by atoms with Gasteiger partial charge < -0.3 is 15.4 Å². The molecule has 0 saturated carbocycles. The molecule has 6 heteroatoms. The van der Waals surface area contributed by atoms with Gasteiger partial charge in [-0.3, -0.25) is 9.59 Å². The third-order valence-electron chi connectivity index (χ3n) is 4.17. The number of hydrogen-bond donors (Lipinski definition) is 2. The van der Waals surface area contributed by atoms with Crippen molar-refractivity contribution in [1.29, 1.82) is 0 Å². The van der Waals surface area contributed by atoms with Crippen LogP contribution in [0.1, 0.15) is 29.5 Å². The van der Waals surface area contributed by atoms with Crippen molar-refractivity contribution >= 4 is 17.8 Å². The maximum absolute atomic E-state index is 12.2. The van der Waals surface area contributed by atoms with Gasteiger partial charge in [0.15, 0.2) is 0 Å². The fraction of sp³-hybridized carbons (Fsp3) is 0.471. The Hall–Kier alpha value is -2.37. The summed E-state index contributed by atoms with van der Waals surface area (Å²) < 4.78 is 4.81. The lowest BCUT2D eigenvalue weighted by Crippen LogP contribution is -2.50. The van der Waals surface area contributed by atoms with Gasteiger partial charge in [0.05, 0.1) is 7.11 Å². The van der Waals surface area contributed by atoms with E-state index in [1.807, 2.05) is 32.0 Å². The van der Waals surface area contributed by atoms with E-state index >= 15 is 0 Å². The molecule has 1 aliphatic heterocycles. The third-order valence-corrected chi connectivity index (χ3v) is 4.17. The van der Waals surface area contributed by atoms with Crippen molar-refractivity contribution in [3.8, 4) is 0 Å². The van der Waals surface area contributed by atoms with Crippen LogP contribution in [0.2, 0.25) is 0 Å². The molecule has 2 N–H and O–H groups in total. The maximum atomic E-state index is 12.2. The van der Waals surface area contributed by atoms with Crippen molar-refractivity contribution in [2.24, 2.45) is 0 Å². The zero-order valence-corrected chi connectivity index (χ0v) is 13.6. The van der Waals surface area contributed by atoms with E-state index in [0.717, 1.165) is 16.7 Å². The minimum absolute atomic E-state index is 0.144. The summed E-state index contributed by atoms with van der Waals surface area (Å²) in [6, 6.07) is 4.54. The van der Waals surface area contributed by atoms with E-state index in [2.05, 4.69) is 10.6 Å². The minimum atomic E-state index is -0.773. The van der Waals surface area contributed by atoms with Crippen LogP contribution in [0.4, 0.5) is 0 Å². The monoisotopic (exact) mass is 318 g/mol. The average Bonchev–Trinajstić information content (AvgIpc) is 2.95. The predicted molar refractivity (Wildman–Crippen MR) is 84.7 cm³/mol. The highest BCUT2D eigenvalue weighted by Crippen LogP contribution is 2.16. The zero-order chi connectivity index (χ0) is 17.0. The summed E-state index contributed by atoms with van der Waals surface area (Å²) >= 11 is 0. The first-order valence-electron chi connectivity index (χ1n) is 7.65. The highest BCUT2D eigenvalue weighted by atomic mass is 16.5. The third kappa shape index (κ3) is 4.09. The van der Waals surface area contributed by atoms with Crippen LogP contribution in [0, 0.1) is 13.8 Å². The van der Waals surface area contributed by atoms with Gasteiger partial charge in [0.2, 0.25) is 11.8 Å². The largest absolute Gasteiger partial charge is 0.467 e. The fourth-order valence-corrected chi connectivity index (χ4v) is 2.79. The predicted octanol–water partition coefficient (Wildman–Crippen LogP) is 0.782. The molecule has 0 bridgehead atoms. The Balaban J connectivity index is 2.13. The molecule has 1 aliphatic rings. The number of carbonyl (C=O) groups is 3. The summed E-state index contributed by atoms with van der Waals surface area (Å²) in [5, 5.41) is 5.30. The van der Waals surface area contributed by atoms with E-state index in [4.69, 9.17) is 4.74 Å². The molecule has 1 aromatic rings. The quantitative estimate of drug-likeness (QED) is 0.786. The topological polar surface area (TPSA) is 84.5 Å². The molecule has 1 saturated heterocycles. The molecule has 2 rings (SSSR count). The molecule has 0 aliphatic carbocycles. The molecule has 1 heterocycles. The number of methoxy groups -OCH3 is 1. The molecule has 1 aromatic carbocycles. The van der Waals surface area contributed by atoms with Crippen LogP contribution in [-0.4, -0.2) is 37.0 Å². The molecule has 0 aromatic heterocycles. The SMILES string of the molecule is COC(=O)[C@H](Cc1c(C)cccc1C)NC(=O)[C@@H]1CCC(=O)N1. The molecule has 23 heavy (non-hydrogen) atoms. The summed E-state index contributed by atoms with van der Waals surface area (Å²) in [5.74, 6) is -0.989. The number of hydrogen-bond acceptors (Lipinski definition) is 4. The van der Waals surface area contributed by atoms with Gasteiger partial charge in [-0.15, -0.1) is 0 Å². The van der Waals surface area contributed by atoms with E-state index in [0.29, 0.717) is 19.3 Å². The Kier molecular flexibility index (Phi) is 5.36. The lowest BCUT2D eigenvalue weighted by Gasteiger charge is -2.20. The highest BCUT2D eigenvalue weighted by molar-refractivity contribution is 5.93. The van der Waals surface area contributed by atoms with Crippen LogP contribution in [-0.2, 0) is 25.5 Å². The highest BCUT2D eigenvalue weighted by Gasteiger charge is 2.31. The van der Waals surface area contributed by atoms with Crippen molar-refractivity contribution in [3.63, 3.8) is 0 Å². The van der Waals surface area contributed by atoms with Crippen molar-refractivity contribution in [2.45, 2.75) is 45.2 Å². The Morgan fingerprint density at radius 2 is 2.00 bits per heavy atom. The Morgan fingerprint density at radius 1 is 1.35 bits per heavy atom. The summed E-state index contributed by atoms with van der Waals surface area (Å²) in [6.45, 7) is 3.94. The first-order valence-corrected chi connectivity index (χ1v) is 7.65. The number of rotatable bonds is 5. The molecule has 6 nitrogen and oxygen atoms in total. The Labute approximate surface area is 135 Å². The van der Waals surface area contributed by atoms with Crippen LogP contribution >= 0.6 is 0 Å². The van der Waals surface area contributed by atoms with Crippen LogP contribution in [0.5, 0.6) is 0 Å².